The zero-order valence-electron chi connectivity index (χ0n) is 23.7. The van der Waals surface area contributed by atoms with E-state index in [1.165, 1.54) is 36.0 Å². The minimum Gasteiger partial charge on any atom is -0.325 e. The quantitative estimate of drug-likeness (QED) is 0.102. The summed E-state index contributed by atoms with van der Waals surface area (Å²) in [6.45, 7) is 0. The van der Waals surface area contributed by atoms with Crippen molar-refractivity contribution in [3.63, 3.8) is 0 Å². The second-order valence-corrected chi connectivity index (χ2v) is 11.9. The van der Waals surface area contributed by atoms with Crippen LogP contribution in [0.1, 0.15) is 26.7 Å². The molecule has 1 atom stereocenters. The third kappa shape index (κ3) is 9.01. The molecule has 224 valence electrons. The lowest BCUT2D eigenvalue weighted by Gasteiger charge is -2.18. The van der Waals surface area contributed by atoms with Crippen LogP contribution in [-0.4, -0.2) is 17.7 Å². The summed E-state index contributed by atoms with van der Waals surface area (Å²) < 4.78 is 14.2. The minimum absolute atomic E-state index is 0.0563. The van der Waals surface area contributed by atoms with Gasteiger partial charge in [-0.15, -0.1) is 11.8 Å². The van der Waals surface area contributed by atoms with E-state index in [1.807, 2.05) is 66.7 Å². The van der Waals surface area contributed by atoms with E-state index < -0.39 is 22.9 Å². The number of halogens is 2. The van der Waals surface area contributed by atoms with Crippen LogP contribution >= 0.6 is 27.7 Å². The first-order chi connectivity index (χ1) is 21.8. The summed E-state index contributed by atoms with van der Waals surface area (Å²) in [7, 11) is 0. The molecule has 5 rings (SSSR count). The summed E-state index contributed by atoms with van der Waals surface area (Å²) in [6.07, 6.45) is 1.60. The van der Waals surface area contributed by atoms with Crippen molar-refractivity contribution in [3.05, 3.63) is 166 Å². The van der Waals surface area contributed by atoms with Gasteiger partial charge in [-0.3, -0.25) is 14.4 Å². The van der Waals surface area contributed by atoms with E-state index in [9.17, 15) is 18.8 Å². The van der Waals surface area contributed by atoms with Crippen LogP contribution in [0.2, 0.25) is 0 Å². The van der Waals surface area contributed by atoms with Crippen LogP contribution in [0, 0.1) is 5.82 Å². The summed E-state index contributed by atoms with van der Waals surface area (Å²) in [4.78, 5) is 40.7. The van der Waals surface area contributed by atoms with Gasteiger partial charge >= 0.3 is 0 Å². The minimum atomic E-state index is -0.639. The fraction of sp³-hybridized carbons (Fsp3) is 0.0278. The fourth-order valence-corrected chi connectivity index (χ4v) is 5.83. The molecule has 0 heterocycles. The molecule has 5 aromatic rings. The normalized spacial score (nSPS) is 11.7. The van der Waals surface area contributed by atoms with Crippen LogP contribution in [0.3, 0.4) is 0 Å². The van der Waals surface area contributed by atoms with Crippen molar-refractivity contribution in [3.8, 4) is 0 Å². The monoisotopic (exact) mass is 679 g/mol. The van der Waals surface area contributed by atoms with Crippen molar-refractivity contribution in [1.29, 1.82) is 0 Å². The molecule has 0 bridgehead atoms. The van der Waals surface area contributed by atoms with Crippen molar-refractivity contribution in [2.45, 2.75) is 10.1 Å². The van der Waals surface area contributed by atoms with Crippen molar-refractivity contribution >= 4 is 62.9 Å². The first-order valence-corrected chi connectivity index (χ1v) is 15.5. The van der Waals surface area contributed by atoms with E-state index in [-0.39, 0.29) is 11.6 Å². The van der Waals surface area contributed by atoms with E-state index in [0.717, 1.165) is 14.9 Å². The number of hydrogen-bond acceptors (Lipinski definition) is 4. The molecule has 45 heavy (non-hydrogen) atoms. The Balaban J connectivity index is 1.37. The maximum atomic E-state index is 13.6. The summed E-state index contributed by atoms with van der Waals surface area (Å²) in [6, 6.07) is 38.0. The van der Waals surface area contributed by atoms with Crippen molar-refractivity contribution < 1.29 is 18.8 Å². The van der Waals surface area contributed by atoms with E-state index in [0.29, 0.717) is 22.5 Å². The Labute approximate surface area is 272 Å². The van der Waals surface area contributed by atoms with Gasteiger partial charge in [0, 0.05) is 26.3 Å². The molecule has 5 aromatic carbocycles. The third-order valence-corrected chi connectivity index (χ3v) is 8.23. The molecule has 3 amide bonds. The Morgan fingerprint density at radius 2 is 1.40 bits per heavy atom. The highest BCUT2D eigenvalue weighted by Crippen LogP contribution is 2.37. The second kappa shape index (κ2) is 15.1. The molecule has 3 N–H and O–H groups in total. The second-order valence-electron chi connectivity index (χ2n) is 9.82. The predicted molar refractivity (Wildman–Crippen MR) is 181 cm³/mol. The van der Waals surface area contributed by atoms with Crippen LogP contribution in [0.25, 0.3) is 6.08 Å². The van der Waals surface area contributed by atoms with Gasteiger partial charge in [0.1, 0.15) is 16.8 Å². The van der Waals surface area contributed by atoms with Gasteiger partial charge in [0.15, 0.2) is 0 Å². The topological polar surface area (TPSA) is 87.3 Å². The Morgan fingerprint density at radius 1 is 0.711 bits per heavy atom. The lowest BCUT2D eigenvalue weighted by molar-refractivity contribution is -0.116. The smallest absolute Gasteiger partial charge is 0.272 e. The molecule has 0 radical (unpaired) electrons. The molecule has 0 aliphatic rings. The number of thioether (sulfide) groups is 1. The summed E-state index contributed by atoms with van der Waals surface area (Å²) in [5.41, 5.74) is 2.91. The standard InChI is InChI=1S/C36H27BrFN3O3S/c37-27-14-7-9-24(21-27)22-32(41-34(42)26-12-5-2-6-13-26)35(43)40-30-15-8-16-31(23-30)45-33(25-10-3-1-4-11-25)36(44)39-29-19-17-28(38)18-20-29/h1-23,33H,(H,39,44)(H,40,43)(H,41,42)/b32-22+. The zero-order chi connectivity index (χ0) is 31.6. The molecular formula is C36H27BrFN3O3S. The van der Waals surface area contributed by atoms with Crippen LogP contribution < -0.4 is 16.0 Å². The highest BCUT2D eigenvalue weighted by atomic mass is 79.9. The van der Waals surface area contributed by atoms with Crippen LogP contribution in [0.15, 0.2) is 149 Å². The van der Waals surface area contributed by atoms with Gasteiger partial charge in [-0.2, -0.15) is 0 Å². The first-order valence-electron chi connectivity index (χ1n) is 13.9. The molecule has 0 saturated heterocycles. The number of carbonyl (C=O) groups excluding carboxylic acids is 3. The molecular weight excluding hydrogens is 653 g/mol. The van der Waals surface area contributed by atoms with Gasteiger partial charge in [-0.1, -0.05) is 82.7 Å². The number of anilines is 2. The average molecular weight is 681 g/mol. The number of hydrogen-bond donors (Lipinski definition) is 3. The number of carbonyl (C=O) groups is 3. The van der Waals surface area contributed by atoms with Gasteiger partial charge in [-0.05, 0) is 83.9 Å². The maximum absolute atomic E-state index is 13.6. The summed E-state index contributed by atoms with van der Waals surface area (Å²) in [5, 5.41) is 7.84. The molecule has 1 unspecified atom stereocenters. The first kappa shape index (κ1) is 31.4. The molecule has 0 saturated carbocycles. The van der Waals surface area contributed by atoms with Gasteiger partial charge in [0.05, 0.1) is 0 Å². The van der Waals surface area contributed by atoms with Gasteiger partial charge in [0.25, 0.3) is 11.8 Å². The summed E-state index contributed by atoms with van der Waals surface area (Å²) in [5.74, 6) is -1.62. The van der Waals surface area contributed by atoms with E-state index in [4.69, 9.17) is 0 Å². The Morgan fingerprint density at radius 3 is 2.11 bits per heavy atom. The Bertz CT molecular complexity index is 1830. The Hall–Kier alpha value is -4.99. The van der Waals surface area contributed by atoms with Crippen LogP contribution in [0.5, 0.6) is 0 Å². The van der Waals surface area contributed by atoms with Crippen molar-refractivity contribution in [2.24, 2.45) is 0 Å². The SMILES string of the molecule is O=C(Nc1cccc(SC(C(=O)Nc2ccc(F)cc2)c2ccccc2)c1)/C(=C\c1cccc(Br)c1)NC(=O)c1ccccc1. The molecule has 0 aliphatic carbocycles. The van der Waals surface area contributed by atoms with E-state index in [1.54, 1.807) is 48.5 Å². The van der Waals surface area contributed by atoms with Gasteiger partial charge < -0.3 is 16.0 Å². The van der Waals surface area contributed by atoms with Crippen LogP contribution in [0.4, 0.5) is 15.8 Å². The molecule has 0 fully saturated rings. The van der Waals surface area contributed by atoms with E-state index in [2.05, 4.69) is 31.9 Å². The highest BCUT2D eigenvalue weighted by molar-refractivity contribution is 9.10. The number of benzene rings is 5. The molecule has 0 aliphatic heterocycles. The predicted octanol–water partition coefficient (Wildman–Crippen LogP) is 8.47. The lowest BCUT2D eigenvalue weighted by atomic mass is 10.1. The van der Waals surface area contributed by atoms with Gasteiger partial charge in [0.2, 0.25) is 5.91 Å². The van der Waals surface area contributed by atoms with Crippen molar-refractivity contribution in [1.82, 2.24) is 5.32 Å². The zero-order valence-corrected chi connectivity index (χ0v) is 26.1. The number of amides is 3. The fourth-order valence-electron chi connectivity index (χ4n) is 4.33. The molecule has 9 heteroatoms. The molecule has 6 nitrogen and oxygen atoms in total. The lowest BCUT2D eigenvalue weighted by Crippen LogP contribution is -2.30. The number of nitrogens with one attached hydrogen (secondary N) is 3. The van der Waals surface area contributed by atoms with Gasteiger partial charge in [-0.25, -0.2) is 4.39 Å². The van der Waals surface area contributed by atoms with Crippen molar-refractivity contribution in [2.75, 3.05) is 10.6 Å². The Kier molecular flexibility index (Phi) is 10.6. The third-order valence-electron chi connectivity index (χ3n) is 6.49. The van der Waals surface area contributed by atoms with Crippen LogP contribution in [-0.2, 0) is 9.59 Å². The molecule has 0 aromatic heterocycles. The number of rotatable bonds is 10. The highest BCUT2D eigenvalue weighted by Gasteiger charge is 2.23. The largest absolute Gasteiger partial charge is 0.325 e. The maximum Gasteiger partial charge on any atom is 0.272 e. The molecule has 0 spiro atoms. The average Bonchev–Trinajstić information content (AvgIpc) is 3.05. The summed E-state index contributed by atoms with van der Waals surface area (Å²) >= 11 is 4.75. The van der Waals surface area contributed by atoms with E-state index >= 15 is 0 Å².